The normalized spacial score (nSPS) is 15.4. The average molecular weight is 303 g/mol. The third-order valence-electron chi connectivity index (χ3n) is 3.73. The minimum absolute atomic E-state index is 0.0251. The Morgan fingerprint density at radius 1 is 1.24 bits per heavy atom. The Hall–Kier alpha value is -1.76. The zero-order chi connectivity index (χ0) is 15.6. The van der Waals surface area contributed by atoms with Crippen LogP contribution in [0.5, 0.6) is 5.75 Å². The highest BCUT2D eigenvalue weighted by atomic mass is 19.2. The van der Waals surface area contributed by atoms with E-state index in [1.165, 1.54) is 4.90 Å². The third kappa shape index (κ3) is 2.97. The Balaban J connectivity index is 2.36. The molecule has 1 saturated carbocycles. The molecule has 0 atom stereocenters. The van der Waals surface area contributed by atoms with Crippen molar-refractivity contribution in [3.05, 3.63) is 29.1 Å². The summed E-state index contributed by atoms with van der Waals surface area (Å²) in [6.07, 6.45) is 3.24. The minimum Gasteiger partial charge on any atom is -0.503 e. The van der Waals surface area contributed by atoms with Crippen molar-refractivity contribution in [1.29, 1.82) is 0 Å². The molecule has 1 aromatic rings. The van der Waals surface area contributed by atoms with Gasteiger partial charge in [0.1, 0.15) is 0 Å². The second-order valence-corrected chi connectivity index (χ2v) is 5.04. The van der Waals surface area contributed by atoms with E-state index in [1.54, 1.807) is 0 Å². The molecule has 0 aliphatic heterocycles. The molecule has 0 radical (unpaired) electrons. The second-order valence-electron chi connectivity index (χ2n) is 5.04. The van der Waals surface area contributed by atoms with Crippen LogP contribution in [-0.2, 0) is 0 Å². The Labute approximate surface area is 119 Å². The molecule has 2 N–H and O–H groups in total. The maximum atomic E-state index is 13.8. The monoisotopic (exact) mass is 303 g/mol. The van der Waals surface area contributed by atoms with Gasteiger partial charge in [0.05, 0.1) is 12.2 Å². The molecule has 0 spiro atoms. The fraction of sp³-hybridized carbons (Fsp3) is 0.500. The molecule has 0 bridgehead atoms. The molecule has 21 heavy (non-hydrogen) atoms. The van der Waals surface area contributed by atoms with Gasteiger partial charge < -0.3 is 15.1 Å². The van der Waals surface area contributed by atoms with Crippen molar-refractivity contribution in [2.24, 2.45) is 0 Å². The summed E-state index contributed by atoms with van der Waals surface area (Å²) in [6, 6.07) is 0.269. The highest BCUT2D eigenvalue weighted by Gasteiger charge is 2.31. The van der Waals surface area contributed by atoms with E-state index >= 15 is 0 Å². The van der Waals surface area contributed by atoms with Crippen LogP contribution < -0.4 is 0 Å². The van der Waals surface area contributed by atoms with E-state index in [0.29, 0.717) is 18.9 Å². The van der Waals surface area contributed by atoms with Crippen LogP contribution in [0.1, 0.15) is 36.0 Å². The van der Waals surface area contributed by atoms with Gasteiger partial charge >= 0.3 is 0 Å². The molecule has 1 aliphatic rings. The number of nitrogens with zero attached hydrogens (tertiary/aromatic N) is 1. The van der Waals surface area contributed by atoms with Crippen LogP contribution in [0.3, 0.4) is 0 Å². The minimum atomic E-state index is -1.72. The van der Waals surface area contributed by atoms with E-state index < -0.39 is 34.7 Å². The number of benzene rings is 1. The lowest BCUT2D eigenvalue weighted by atomic mass is 10.1. The number of rotatable bonds is 4. The lowest BCUT2D eigenvalue weighted by Gasteiger charge is -2.28. The van der Waals surface area contributed by atoms with Crippen LogP contribution in [0.4, 0.5) is 13.2 Å². The molecule has 1 aromatic carbocycles. The Morgan fingerprint density at radius 2 is 1.86 bits per heavy atom. The quantitative estimate of drug-likeness (QED) is 0.838. The number of aliphatic hydroxyl groups excluding tert-OH is 1. The fourth-order valence-corrected chi connectivity index (χ4v) is 2.67. The Morgan fingerprint density at radius 3 is 2.43 bits per heavy atom. The molecule has 1 amide bonds. The van der Waals surface area contributed by atoms with Crippen molar-refractivity contribution in [1.82, 2.24) is 4.90 Å². The molecular weight excluding hydrogens is 287 g/mol. The summed E-state index contributed by atoms with van der Waals surface area (Å²) in [5.74, 6) is -7.07. The lowest BCUT2D eigenvalue weighted by Crippen LogP contribution is -2.41. The zero-order valence-electron chi connectivity index (χ0n) is 11.3. The number of halogens is 3. The van der Waals surface area contributed by atoms with Crippen LogP contribution in [0.25, 0.3) is 0 Å². The summed E-state index contributed by atoms with van der Waals surface area (Å²) >= 11 is 0. The van der Waals surface area contributed by atoms with Crippen LogP contribution in [0.15, 0.2) is 6.07 Å². The van der Waals surface area contributed by atoms with Crippen molar-refractivity contribution >= 4 is 5.91 Å². The molecule has 0 saturated heterocycles. The van der Waals surface area contributed by atoms with Gasteiger partial charge in [-0.3, -0.25) is 4.79 Å². The number of hydrogen-bond donors (Lipinski definition) is 2. The number of phenolic OH excluding ortho intramolecular Hbond substituents is 1. The predicted molar refractivity (Wildman–Crippen MR) is 68.4 cm³/mol. The standard InChI is InChI=1S/C14H16F3NO3/c15-10-7-9(11(16)13(20)12(10)17)14(21)18(5-6-19)8-3-1-2-4-8/h7-8,19-20H,1-6H2. The molecule has 7 heteroatoms. The van der Waals surface area contributed by atoms with Gasteiger partial charge in [0.25, 0.3) is 5.91 Å². The summed E-state index contributed by atoms with van der Waals surface area (Å²) in [5.41, 5.74) is -0.730. The summed E-state index contributed by atoms with van der Waals surface area (Å²) in [4.78, 5) is 13.6. The Kier molecular flexibility index (Phi) is 4.72. The van der Waals surface area contributed by atoms with Crippen LogP contribution >= 0.6 is 0 Å². The van der Waals surface area contributed by atoms with E-state index in [1.807, 2.05) is 0 Å². The maximum absolute atomic E-state index is 13.8. The molecule has 4 nitrogen and oxygen atoms in total. The van der Waals surface area contributed by atoms with Crippen molar-refractivity contribution in [2.75, 3.05) is 13.2 Å². The van der Waals surface area contributed by atoms with E-state index in [4.69, 9.17) is 5.11 Å². The smallest absolute Gasteiger partial charge is 0.257 e. The van der Waals surface area contributed by atoms with Crippen molar-refractivity contribution in [2.45, 2.75) is 31.7 Å². The van der Waals surface area contributed by atoms with Gasteiger partial charge in [0.15, 0.2) is 17.4 Å². The topological polar surface area (TPSA) is 60.8 Å². The first-order chi connectivity index (χ1) is 9.97. The van der Waals surface area contributed by atoms with Crippen molar-refractivity contribution in [3.8, 4) is 5.75 Å². The van der Waals surface area contributed by atoms with Gasteiger partial charge in [-0.2, -0.15) is 4.39 Å². The van der Waals surface area contributed by atoms with Crippen molar-refractivity contribution in [3.63, 3.8) is 0 Å². The number of carbonyl (C=O) groups excluding carboxylic acids is 1. The SMILES string of the molecule is O=C(c1cc(F)c(F)c(O)c1F)N(CCO)C1CCCC1. The summed E-state index contributed by atoms with van der Waals surface area (Å²) in [5, 5.41) is 18.2. The molecule has 1 fully saturated rings. The zero-order valence-corrected chi connectivity index (χ0v) is 11.3. The van der Waals surface area contributed by atoms with Crippen LogP contribution in [0, 0.1) is 17.5 Å². The van der Waals surface area contributed by atoms with Gasteiger partial charge in [-0.1, -0.05) is 12.8 Å². The second kappa shape index (κ2) is 6.34. The van der Waals surface area contributed by atoms with Crippen LogP contribution in [0.2, 0.25) is 0 Å². The van der Waals surface area contributed by atoms with E-state index in [0.717, 1.165) is 12.8 Å². The first-order valence-electron chi connectivity index (χ1n) is 6.75. The summed E-state index contributed by atoms with van der Waals surface area (Å²) in [6.45, 7) is -0.345. The highest BCUT2D eigenvalue weighted by Crippen LogP contribution is 2.29. The van der Waals surface area contributed by atoms with Gasteiger partial charge in [-0.25, -0.2) is 8.78 Å². The molecule has 116 valence electrons. The maximum Gasteiger partial charge on any atom is 0.257 e. The van der Waals surface area contributed by atoms with Gasteiger partial charge in [0.2, 0.25) is 5.82 Å². The summed E-state index contributed by atoms with van der Waals surface area (Å²) in [7, 11) is 0. The van der Waals surface area contributed by atoms with Gasteiger partial charge in [-0.15, -0.1) is 0 Å². The number of hydrogen-bond acceptors (Lipinski definition) is 3. The first-order valence-corrected chi connectivity index (χ1v) is 6.75. The number of amides is 1. The fourth-order valence-electron chi connectivity index (χ4n) is 2.67. The van der Waals surface area contributed by atoms with E-state index in [9.17, 15) is 23.1 Å². The first kappa shape index (κ1) is 15.6. The largest absolute Gasteiger partial charge is 0.503 e. The molecule has 0 unspecified atom stereocenters. The number of phenols is 1. The van der Waals surface area contributed by atoms with Gasteiger partial charge in [-0.05, 0) is 18.9 Å². The molecule has 0 heterocycles. The average Bonchev–Trinajstić information content (AvgIpc) is 2.99. The highest BCUT2D eigenvalue weighted by molar-refractivity contribution is 5.95. The van der Waals surface area contributed by atoms with E-state index in [2.05, 4.69) is 0 Å². The van der Waals surface area contributed by atoms with Gasteiger partial charge in [0, 0.05) is 12.6 Å². The molecule has 0 aromatic heterocycles. The number of carbonyl (C=O) groups is 1. The molecule has 1 aliphatic carbocycles. The molecule has 2 rings (SSSR count). The summed E-state index contributed by atoms with van der Waals surface area (Å²) < 4.78 is 40.2. The third-order valence-corrected chi connectivity index (χ3v) is 3.73. The van der Waals surface area contributed by atoms with E-state index in [-0.39, 0.29) is 19.2 Å². The number of aromatic hydroxyl groups is 1. The molecular formula is C14H16F3NO3. The Bertz CT molecular complexity index is 545. The predicted octanol–water partition coefficient (Wildman–Crippen LogP) is 2.19. The van der Waals surface area contributed by atoms with Crippen LogP contribution in [-0.4, -0.2) is 40.2 Å². The van der Waals surface area contributed by atoms with Crippen molar-refractivity contribution < 1.29 is 28.2 Å². The lowest BCUT2D eigenvalue weighted by molar-refractivity contribution is 0.0631. The number of aliphatic hydroxyl groups is 1.